The van der Waals surface area contributed by atoms with Crippen LogP contribution >= 0.6 is 15.9 Å². The van der Waals surface area contributed by atoms with Gasteiger partial charge in [0.25, 0.3) is 0 Å². The molecule has 0 radical (unpaired) electrons. The topological polar surface area (TPSA) is 42.0 Å². The highest BCUT2D eigenvalue weighted by atomic mass is 79.9. The second-order valence-corrected chi connectivity index (χ2v) is 4.64. The number of anilines is 1. The molecule has 19 heavy (non-hydrogen) atoms. The molecule has 98 valence electrons. The number of halogens is 3. The number of pyridine rings is 1. The molecule has 0 spiro atoms. The fourth-order valence-corrected chi connectivity index (χ4v) is 1.88. The van der Waals surface area contributed by atoms with Gasteiger partial charge in [-0.15, -0.1) is 0 Å². The number of carbonyl (C=O) groups excluding carboxylic acids is 1. The predicted octanol–water partition coefficient (Wildman–Crippen LogP) is 3.30. The largest absolute Gasteiger partial charge is 0.325 e. The molecule has 2 aromatic rings. The fourth-order valence-electron chi connectivity index (χ4n) is 1.53. The highest BCUT2D eigenvalue weighted by Gasteiger charge is 2.13. The van der Waals surface area contributed by atoms with Crippen molar-refractivity contribution >= 4 is 27.5 Å². The quantitative estimate of drug-likeness (QED) is 0.940. The van der Waals surface area contributed by atoms with Crippen LogP contribution in [0.1, 0.15) is 5.56 Å². The molecule has 0 aliphatic heterocycles. The summed E-state index contributed by atoms with van der Waals surface area (Å²) in [7, 11) is 0. The monoisotopic (exact) mass is 326 g/mol. The minimum absolute atomic E-state index is 0.245. The zero-order valence-electron chi connectivity index (χ0n) is 9.66. The number of amides is 1. The van der Waals surface area contributed by atoms with Crippen molar-refractivity contribution in [1.82, 2.24) is 4.98 Å². The number of hydrogen-bond donors (Lipinski definition) is 1. The van der Waals surface area contributed by atoms with Crippen LogP contribution in [-0.4, -0.2) is 10.9 Å². The van der Waals surface area contributed by atoms with Crippen molar-refractivity contribution in [3.63, 3.8) is 0 Å². The number of nitrogens with zero attached hydrogens (tertiary/aromatic N) is 1. The predicted molar refractivity (Wildman–Crippen MR) is 70.6 cm³/mol. The maximum absolute atomic E-state index is 13.4. The van der Waals surface area contributed by atoms with Crippen molar-refractivity contribution in [3.8, 4) is 0 Å². The maximum Gasteiger partial charge on any atom is 0.229 e. The van der Waals surface area contributed by atoms with Crippen LogP contribution in [0.3, 0.4) is 0 Å². The Labute approximate surface area is 116 Å². The van der Waals surface area contributed by atoms with E-state index in [4.69, 9.17) is 0 Å². The summed E-state index contributed by atoms with van der Waals surface area (Å²) in [5.41, 5.74) is 0.252. The first-order valence-corrected chi connectivity index (χ1v) is 6.19. The van der Waals surface area contributed by atoms with Gasteiger partial charge in [0.15, 0.2) is 0 Å². The van der Waals surface area contributed by atoms with Gasteiger partial charge in [-0.05, 0) is 34.1 Å². The molecule has 0 atom stereocenters. The van der Waals surface area contributed by atoms with Crippen molar-refractivity contribution < 1.29 is 13.6 Å². The smallest absolute Gasteiger partial charge is 0.229 e. The van der Waals surface area contributed by atoms with E-state index in [-0.39, 0.29) is 12.0 Å². The molecule has 1 N–H and O–H groups in total. The van der Waals surface area contributed by atoms with Crippen molar-refractivity contribution in [1.29, 1.82) is 0 Å². The number of rotatable bonds is 3. The summed E-state index contributed by atoms with van der Waals surface area (Å²) in [6.45, 7) is 0. The molecule has 0 unspecified atom stereocenters. The second kappa shape index (κ2) is 5.88. The number of aromatic nitrogens is 1. The Hall–Kier alpha value is -1.82. The van der Waals surface area contributed by atoms with E-state index in [1.165, 1.54) is 18.5 Å². The Bertz CT molecular complexity index is 599. The summed E-state index contributed by atoms with van der Waals surface area (Å²) >= 11 is 3.21. The number of nitrogens with one attached hydrogen (secondary N) is 1. The van der Waals surface area contributed by atoms with E-state index in [1.807, 2.05) is 0 Å². The molecule has 1 heterocycles. The van der Waals surface area contributed by atoms with E-state index in [2.05, 4.69) is 26.2 Å². The molecule has 0 aliphatic carbocycles. The van der Waals surface area contributed by atoms with Crippen molar-refractivity contribution in [2.75, 3.05) is 5.32 Å². The molecule has 0 bridgehead atoms. The van der Waals surface area contributed by atoms with E-state index in [0.29, 0.717) is 10.2 Å². The lowest BCUT2D eigenvalue weighted by Gasteiger charge is -2.08. The highest BCUT2D eigenvalue weighted by molar-refractivity contribution is 9.10. The van der Waals surface area contributed by atoms with Crippen LogP contribution in [0, 0.1) is 11.6 Å². The van der Waals surface area contributed by atoms with Crippen LogP contribution in [-0.2, 0) is 11.2 Å². The van der Waals surface area contributed by atoms with E-state index < -0.39 is 17.5 Å². The van der Waals surface area contributed by atoms with E-state index in [0.717, 1.165) is 12.1 Å². The minimum atomic E-state index is -0.732. The lowest BCUT2D eigenvalue weighted by atomic mass is 10.1. The number of carbonyl (C=O) groups is 1. The summed E-state index contributed by atoms with van der Waals surface area (Å²) < 4.78 is 27.4. The molecular formula is C13H9BrF2N2O. The third kappa shape index (κ3) is 3.35. The first-order chi connectivity index (χ1) is 9.08. The van der Waals surface area contributed by atoms with Gasteiger partial charge in [-0.25, -0.2) is 8.78 Å². The van der Waals surface area contributed by atoms with Gasteiger partial charge < -0.3 is 5.32 Å². The van der Waals surface area contributed by atoms with Crippen LogP contribution in [0.15, 0.2) is 41.1 Å². The van der Waals surface area contributed by atoms with Gasteiger partial charge in [0.05, 0.1) is 16.6 Å². The van der Waals surface area contributed by atoms with Gasteiger partial charge in [0, 0.05) is 18.0 Å². The molecule has 6 heteroatoms. The summed E-state index contributed by atoms with van der Waals surface area (Å²) in [5.74, 6) is -1.97. The number of hydrogen-bond acceptors (Lipinski definition) is 2. The lowest BCUT2D eigenvalue weighted by molar-refractivity contribution is -0.115. The molecule has 0 aliphatic rings. The summed E-state index contributed by atoms with van der Waals surface area (Å²) in [5, 5.41) is 2.55. The van der Waals surface area contributed by atoms with Crippen LogP contribution in [0.4, 0.5) is 14.5 Å². The molecular weight excluding hydrogens is 318 g/mol. The molecule has 1 aromatic carbocycles. The van der Waals surface area contributed by atoms with E-state index in [1.54, 1.807) is 6.07 Å². The van der Waals surface area contributed by atoms with Crippen molar-refractivity contribution in [3.05, 3.63) is 58.3 Å². The van der Waals surface area contributed by atoms with E-state index >= 15 is 0 Å². The summed E-state index contributed by atoms with van der Waals surface area (Å²) in [4.78, 5) is 15.6. The third-order valence-electron chi connectivity index (χ3n) is 2.45. The molecule has 3 nitrogen and oxygen atoms in total. The Morgan fingerprint density at radius 1 is 1.26 bits per heavy atom. The Balaban J connectivity index is 2.12. The second-order valence-electron chi connectivity index (χ2n) is 3.78. The van der Waals surface area contributed by atoms with Gasteiger partial charge in [-0.1, -0.05) is 6.07 Å². The Kier molecular flexibility index (Phi) is 4.21. The van der Waals surface area contributed by atoms with Crippen molar-refractivity contribution in [2.45, 2.75) is 6.42 Å². The van der Waals surface area contributed by atoms with Crippen LogP contribution in [0.25, 0.3) is 0 Å². The Morgan fingerprint density at radius 3 is 2.58 bits per heavy atom. The zero-order valence-corrected chi connectivity index (χ0v) is 11.2. The van der Waals surface area contributed by atoms with E-state index in [9.17, 15) is 13.6 Å². The molecule has 1 aromatic heterocycles. The molecule has 1 amide bonds. The molecule has 2 rings (SSSR count). The van der Waals surface area contributed by atoms with Crippen LogP contribution in [0.2, 0.25) is 0 Å². The third-order valence-corrected chi connectivity index (χ3v) is 3.08. The van der Waals surface area contributed by atoms with Crippen LogP contribution < -0.4 is 5.32 Å². The molecule has 0 saturated heterocycles. The van der Waals surface area contributed by atoms with Gasteiger partial charge in [-0.3, -0.25) is 9.78 Å². The summed E-state index contributed by atoms with van der Waals surface area (Å²) in [6, 6.07) is 5.08. The average Bonchev–Trinajstić information content (AvgIpc) is 2.37. The van der Waals surface area contributed by atoms with Gasteiger partial charge in [-0.2, -0.15) is 0 Å². The first-order valence-electron chi connectivity index (χ1n) is 5.40. The first kappa shape index (κ1) is 13.6. The number of benzene rings is 1. The highest BCUT2D eigenvalue weighted by Crippen LogP contribution is 2.20. The van der Waals surface area contributed by atoms with Crippen molar-refractivity contribution in [2.24, 2.45) is 0 Å². The zero-order chi connectivity index (χ0) is 13.8. The Morgan fingerprint density at radius 2 is 1.95 bits per heavy atom. The minimum Gasteiger partial charge on any atom is -0.325 e. The van der Waals surface area contributed by atoms with Crippen LogP contribution in [0.5, 0.6) is 0 Å². The average molecular weight is 327 g/mol. The van der Waals surface area contributed by atoms with Gasteiger partial charge in [0.1, 0.15) is 11.6 Å². The lowest BCUT2D eigenvalue weighted by Crippen LogP contribution is -2.16. The molecule has 0 fully saturated rings. The fraction of sp³-hybridized carbons (Fsp3) is 0.0769. The van der Waals surface area contributed by atoms with Gasteiger partial charge in [0.2, 0.25) is 5.91 Å². The van der Waals surface area contributed by atoms with Gasteiger partial charge >= 0.3 is 0 Å². The standard InChI is InChI=1S/C13H9BrF2N2O/c14-9-7-17-5-4-12(9)18-13(19)6-8-10(15)2-1-3-11(8)16/h1-5,7H,6H2,(H,17,18,19). The maximum atomic E-state index is 13.4. The normalized spacial score (nSPS) is 10.3. The molecule has 0 saturated carbocycles. The summed E-state index contributed by atoms with van der Waals surface area (Å²) in [6.07, 6.45) is 2.65. The SMILES string of the molecule is O=C(Cc1c(F)cccc1F)Nc1ccncc1Br.